The molecule has 7 heteroatoms. The maximum atomic E-state index is 12.2. The average molecular weight is 301 g/mol. The molecule has 1 aromatic heterocycles. The maximum Gasteiger partial charge on any atom is 0.273 e. The van der Waals surface area contributed by atoms with E-state index in [1.807, 2.05) is 0 Å². The molecule has 0 amide bonds. The average Bonchev–Trinajstić information content (AvgIpc) is 2.90. The van der Waals surface area contributed by atoms with Crippen LogP contribution in [-0.4, -0.2) is 40.0 Å². The van der Waals surface area contributed by atoms with E-state index in [9.17, 15) is 8.42 Å². The molecule has 3 N–H and O–H groups in total. The first-order valence-corrected chi connectivity index (χ1v) is 8.30. The molecular weight excluding hydrogens is 278 g/mol. The minimum atomic E-state index is -3.59. The molecule has 1 aromatic rings. The van der Waals surface area contributed by atoms with Crippen LogP contribution in [0.2, 0.25) is 0 Å². The first-order valence-electron chi connectivity index (χ1n) is 6.82. The van der Waals surface area contributed by atoms with Gasteiger partial charge in [0.15, 0.2) is 0 Å². The molecule has 114 valence electrons. The summed E-state index contributed by atoms with van der Waals surface area (Å²) in [6, 6.07) is 3.04. The molecule has 0 bridgehead atoms. The molecule has 2 rings (SSSR count). The van der Waals surface area contributed by atoms with E-state index in [1.54, 1.807) is 6.07 Å². The van der Waals surface area contributed by atoms with Gasteiger partial charge < -0.3 is 15.1 Å². The summed E-state index contributed by atoms with van der Waals surface area (Å²) in [4.78, 5) is 2.26. The van der Waals surface area contributed by atoms with Crippen molar-refractivity contribution >= 4 is 10.0 Å². The Morgan fingerprint density at radius 2 is 2.05 bits per heavy atom. The molecular formula is C13H23N3O3S. The number of sulfonamides is 1. The van der Waals surface area contributed by atoms with Crippen LogP contribution in [0.3, 0.4) is 0 Å². The highest BCUT2D eigenvalue weighted by atomic mass is 32.2. The Morgan fingerprint density at radius 1 is 1.40 bits per heavy atom. The van der Waals surface area contributed by atoms with Gasteiger partial charge in [-0.2, -0.15) is 0 Å². The van der Waals surface area contributed by atoms with Crippen LogP contribution in [0, 0.1) is 5.41 Å². The maximum absolute atomic E-state index is 12.2. The lowest BCUT2D eigenvalue weighted by atomic mass is 9.81. The topological polar surface area (TPSA) is 88.6 Å². The highest BCUT2D eigenvalue weighted by molar-refractivity contribution is 7.89. The number of nitrogens with two attached hydrogens (primary N) is 1. The molecule has 2 heterocycles. The third-order valence-electron chi connectivity index (χ3n) is 3.99. The van der Waals surface area contributed by atoms with Crippen LogP contribution < -0.4 is 10.5 Å². The van der Waals surface area contributed by atoms with Crippen molar-refractivity contribution in [3.05, 3.63) is 17.9 Å². The Labute approximate surface area is 120 Å². The van der Waals surface area contributed by atoms with Crippen LogP contribution in [0.1, 0.15) is 25.5 Å². The Kier molecular flexibility index (Phi) is 4.53. The lowest BCUT2D eigenvalue weighted by Crippen LogP contribution is -2.43. The summed E-state index contributed by atoms with van der Waals surface area (Å²) in [5.74, 6) is 0.468. The second-order valence-electron chi connectivity index (χ2n) is 5.86. The summed E-state index contributed by atoms with van der Waals surface area (Å²) in [5, 5.41) is -0.0607. The Bertz CT molecular complexity index is 545. The molecule has 0 radical (unpaired) electrons. The van der Waals surface area contributed by atoms with Gasteiger partial charge in [0.1, 0.15) is 5.76 Å². The molecule has 1 fully saturated rings. The van der Waals surface area contributed by atoms with Gasteiger partial charge in [-0.3, -0.25) is 0 Å². The van der Waals surface area contributed by atoms with E-state index >= 15 is 0 Å². The van der Waals surface area contributed by atoms with Gasteiger partial charge >= 0.3 is 0 Å². The van der Waals surface area contributed by atoms with Crippen molar-refractivity contribution in [2.45, 2.75) is 31.4 Å². The number of hydrogen-bond donors (Lipinski definition) is 2. The lowest BCUT2D eigenvalue weighted by Gasteiger charge is -2.37. The Balaban J connectivity index is 1.98. The summed E-state index contributed by atoms with van der Waals surface area (Å²) < 4.78 is 32.2. The fraction of sp³-hybridized carbons (Fsp3) is 0.692. The first kappa shape index (κ1) is 15.5. The molecule has 1 aliphatic heterocycles. The van der Waals surface area contributed by atoms with Gasteiger partial charge in [-0.15, -0.1) is 0 Å². The highest BCUT2D eigenvalue weighted by Gasteiger charge is 2.31. The molecule has 0 aromatic carbocycles. The minimum Gasteiger partial charge on any atom is -0.447 e. The second kappa shape index (κ2) is 5.85. The standard InChI is InChI=1S/C13H23N3O3S/c1-13(5-7-16(2)8-6-13)10-15-20(17,18)12-4-3-11(9-14)19-12/h3-4,15H,5-10,14H2,1-2H3. The summed E-state index contributed by atoms with van der Waals surface area (Å²) in [7, 11) is -1.50. The molecule has 6 nitrogen and oxygen atoms in total. The smallest absolute Gasteiger partial charge is 0.273 e. The van der Waals surface area contributed by atoms with E-state index in [0.717, 1.165) is 25.9 Å². The number of rotatable bonds is 5. The largest absolute Gasteiger partial charge is 0.447 e. The fourth-order valence-electron chi connectivity index (χ4n) is 2.29. The normalized spacial score (nSPS) is 20.1. The van der Waals surface area contributed by atoms with Crippen LogP contribution in [0.25, 0.3) is 0 Å². The third-order valence-corrected chi connectivity index (χ3v) is 5.26. The lowest BCUT2D eigenvalue weighted by molar-refractivity contribution is 0.143. The Hall–Kier alpha value is -0.890. The van der Waals surface area contributed by atoms with Gasteiger partial charge in [-0.05, 0) is 50.5 Å². The highest BCUT2D eigenvalue weighted by Crippen LogP contribution is 2.30. The number of nitrogens with zero attached hydrogens (tertiary/aromatic N) is 1. The monoisotopic (exact) mass is 301 g/mol. The minimum absolute atomic E-state index is 0.00285. The van der Waals surface area contributed by atoms with Crippen molar-refractivity contribution in [3.8, 4) is 0 Å². The van der Waals surface area contributed by atoms with Gasteiger partial charge in [0, 0.05) is 6.54 Å². The first-order chi connectivity index (χ1) is 9.35. The fourth-order valence-corrected chi connectivity index (χ4v) is 3.43. The zero-order valence-electron chi connectivity index (χ0n) is 12.1. The summed E-state index contributed by atoms with van der Waals surface area (Å²) in [6.07, 6.45) is 1.97. The molecule has 1 aliphatic rings. The molecule has 0 atom stereocenters. The van der Waals surface area contributed by atoms with E-state index in [1.165, 1.54) is 6.07 Å². The predicted octanol–water partition coefficient (Wildman–Crippen LogP) is 0.748. The summed E-state index contributed by atoms with van der Waals surface area (Å²) in [5.41, 5.74) is 5.42. The molecule has 20 heavy (non-hydrogen) atoms. The SMILES string of the molecule is CN1CCC(C)(CNS(=O)(=O)c2ccc(CN)o2)CC1. The Morgan fingerprint density at radius 3 is 2.60 bits per heavy atom. The van der Waals surface area contributed by atoms with Crippen molar-refractivity contribution in [3.63, 3.8) is 0 Å². The van der Waals surface area contributed by atoms with Gasteiger partial charge in [-0.1, -0.05) is 6.92 Å². The van der Waals surface area contributed by atoms with Gasteiger partial charge in [0.2, 0.25) is 5.09 Å². The van der Waals surface area contributed by atoms with Crippen LogP contribution >= 0.6 is 0 Å². The van der Waals surface area contributed by atoms with Crippen molar-refractivity contribution in [1.29, 1.82) is 0 Å². The number of nitrogens with one attached hydrogen (secondary N) is 1. The second-order valence-corrected chi connectivity index (χ2v) is 7.56. The van der Waals surface area contributed by atoms with Crippen LogP contribution in [0.15, 0.2) is 21.6 Å². The van der Waals surface area contributed by atoms with Crippen LogP contribution in [-0.2, 0) is 16.6 Å². The van der Waals surface area contributed by atoms with E-state index in [2.05, 4.69) is 23.6 Å². The van der Waals surface area contributed by atoms with E-state index in [4.69, 9.17) is 10.2 Å². The van der Waals surface area contributed by atoms with Gasteiger partial charge in [0.05, 0.1) is 6.54 Å². The molecule has 0 spiro atoms. The third kappa shape index (κ3) is 3.60. The zero-order valence-corrected chi connectivity index (χ0v) is 12.9. The summed E-state index contributed by atoms with van der Waals surface area (Å²) in [6.45, 7) is 4.74. The predicted molar refractivity (Wildman–Crippen MR) is 76.6 cm³/mol. The molecule has 0 saturated carbocycles. The van der Waals surface area contributed by atoms with Gasteiger partial charge in [-0.25, -0.2) is 13.1 Å². The van der Waals surface area contributed by atoms with Crippen molar-refractivity contribution in [1.82, 2.24) is 9.62 Å². The van der Waals surface area contributed by atoms with Crippen LogP contribution in [0.4, 0.5) is 0 Å². The van der Waals surface area contributed by atoms with E-state index < -0.39 is 10.0 Å². The molecule has 0 unspecified atom stereocenters. The van der Waals surface area contributed by atoms with Crippen molar-refractivity contribution in [2.24, 2.45) is 11.1 Å². The van der Waals surface area contributed by atoms with E-state index in [0.29, 0.717) is 12.3 Å². The number of furan rings is 1. The number of hydrogen-bond acceptors (Lipinski definition) is 5. The zero-order chi connectivity index (χ0) is 14.8. The quantitative estimate of drug-likeness (QED) is 0.838. The van der Waals surface area contributed by atoms with Gasteiger partial charge in [0.25, 0.3) is 10.0 Å². The van der Waals surface area contributed by atoms with Crippen LogP contribution in [0.5, 0.6) is 0 Å². The van der Waals surface area contributed by atoms with Crippen molar-refractivity contribution in [2.75, 3.05) is 26.7 Å². The molecule has 0 aliphatic carbocycles. The summed E-state index contributed by atoms with van der Waals surface area (Å²) >= 11 is 0. The molecule has 1 saturated heterocycles. The van der Waals surface area contributed by atoms with E-state index in [-0.39, 0.29) is 17.1 Å². The number of piperidine rings is 1. The number of likely N-dealkylation sites (tertiary alicyclic amines) is 1. The van der Waals surface area contributed by atoms with Crippen molar-refractivity contribution < 1.29 is 12.8 Å².